The summed E-state index contributed by atoms with van der Waals surface area (Å²) in [5.41, 5.74) is 13.2. The minimum absolute atomic E-state index is 0.358. The molecule has 0 fully saturated rings. The van der Waals surface area contributed by atoms with Crippen molar-refractivity contribution in [2.24, 2.45) is 10.8 Å². The molecule has 0 saturated carbocycles. The molecule has 0 rings (SSSR count). The summed E-state index contributed by atoms with van der Waals surface area (Å²) in [5, 5.41) is 11.6. The van der Waals surface area contributed by atoms with Crippen LogP contribution in [0.2, 0.25) is 0 Å². The zero-order valence-corrected chi connectivity index (χ0v) is 6.68. The van der Waals surface area contributed by atoms with Crippen LogP contribution in [0, 0.1) is 0 Å². The predicted molar refractivity (Wildman–Crippen MR) is 43.5 cm³/mol. The molecule has 68 valence electrons. The van der Waals surface area contributed by atoms with Crippen LogP contribution < -0.4 is 5.73 Å². The highest BCUT2D eigenvalue weighted by atomic mass is 16.4. The highest BCUT2D eigenvalue weighted by molar-refractivity contribution is 5.73. The maximum absolute atomic E-state index is 10.4. The van der Waals surface area contributed by atoms with Gasteiger partial charge in [-0.1, -0.05) is 11.5 Å². The van der Waals surface area contributed by atoms with Crippen LogP contribution in [0.3, 0.4) is 0 Å². The molecule has 0 aliphatic heterocycles. The number of carboxylic acids is 1. The Hall–Kier alpha value is -1.26. The second-order valence-corrected chi connectivity index (χ2v) is 2.34. The standard InChI is InChI=1S/C6H12N4O2/c7-4-2-1-3-5(6(11)12)9-10-8/h5H,1-4,7H2,(H,11,12). The maximum Gasteiger partial charge on any atom is 0.312 e. The summed E-state index contributed by atoms with van der Waals surface area (Å²) in [7, 11) is 0. The number of azide groups is 1. The van der Waals surface area contributed by atoms with Crippen molar-refractivity contribution in [2.75, 3.05) is 6.54 Å². The Morgan fingerprint density at radius 2 is 2.33 bits per heavy atom. The molecule has 0 amide bonds. The SMILES string of the molecule is [N-]=[N+]=NC(CCCCN)C(=O)O. The third kappa shape index (κ3) is 4.54. The monoisotopic (exact) mass is 172 g/mol. The van der Waals surface area contributed by atoms with E-state index in [1.807, 2.05) is 0 Å². The topological polar surface area (TPSA) is 112 Å². The Morgan fingerprint density at radius 1 is 1.67 bits per heavy atom. The molecule has 6 nitrogen and oxygen atoms in total. The van der Waals surface area contributed by atoms with Gasteiger partial charge in [-0.15, -0.1) is 0 Å². The lowest BCUT2D eigenvalue weighted by atomic mass is 10.1. The lowest BCUT2D eigenvalue weighted by Gasteiger charge is -2.03. The van der Waals surface area contributed by atoms with Gasteiger partial charge >= 0.3 is 5.97 Å². The van der Waals surface area contributed by atoms with Gasteiger partial charge in [0.1, 0.15) is 6.04 Å². The molecule has 0 aromatic heterocycles. The smallest absolute Gasteiger partial charge is 0.312 e. The summed E-state index contributed by atoms with van der Waals surface area (Å²) < 4.78 is 0. The Bertz CT molecular complexity index is 186. The van der Waals surface area contributed by atoms with E-state index in [4.69, 9.17) is 16.4 Å². The molecule has 0 aromatic rings. The number of carboxylic acid groups (broad SMARTS) is 1. The van der Waals surface area contributed by atoms with E-state index in [1.54, 1.807) is 0 Å². The van der Waals surface area contributed by atoms with E-state index in [0.717, 1.165) is 6.42 Å². The van der Waals surface area contributed by atoms with Gasteiger partial charge in [0, 0.05) is 4.91 Å². The minimum atomic E-state index is -1.08. The number of hydrogen-bond acceptors (Lipinski definition) is 3. The van der Waals surface area contributed by atoms with Crippen LogP contribution in [0.5, 0.6) is 0 Å². The summed E-state index contributed by atoms with van der Waals surface area (Å²) in [4.78, 5) is 12.8. The fourth-order valence-electron chi connectivity index (χ4n) is 0.775. The van der Waals surface area contributed by atoms with Gasteiger partial charge in [0.25, 0.3) is 0 Å². The first-order valence-corrected chi connectivity index (χ1v) is 3.69. The van der Waals surface area contributed by atoms with Crippen molar-refractivity contribution in [3.8, 4) is 0 Å². The Morgan fingerprint density at radius 3 is 2.75 bits per heavy atom. The molecule has 0 aromatic carbocycles. The number of nitrogens with two attached hydrogens (primary N) is 1. The number of carbonyl (C=O) groups is 1. The minimum Gasteiger partial charge on any atom is -0.481 e. The van der Waals surface area contributed by atoms with Gasteiger partial charge in [-0.05, 0) is 24.9 Å². The molecule has 6 heteroatoms. The molecule has 0 bridgehead atoms. The second-order valence-electron chi connectivity index (χ2n) is 2.34. The summed E-state index contributed by atoms with van der Waals surface area (Å²) in [5.74, 6) is -1.08. The molecule has 0 radical (unpaired) electrons. The van der Waals surface area contributed by atoms with Crippen LogP contribution in [-0.2, 0) is 4.79 Å². The van der Waals surface area contributed by atoms with E-state index in [0.29, 0.717) is 19.4 Å². The van der Waals surface area contributed by atoms with Gasteiger partial charge in [-0.25, -0.2) is 0 Å². The zero-order valence-electron chi connectivity index (χ0n) is 6.68. The fraction of sp³-hybridized carbons (Fsp3) is 0.833. The lowest BCUT2D eigenvalue weighted by molar-refractivity contribution is -0.138. The van der Waals surface area contributed by atoms with E-state index in [-0.39, 0.29) is 0 Å². The highest BCUT2D eigenvalue weighted by Crippen LogP contribution is 2.04. The summed E-state index contributed by atoms with van der Waals surface area (Å²) in [6.45, 7) is 0.530. The van der Waals surface area contributed by atoms with Crippen LogP contribution in [0.1, 0.15) is 19.3 Å². The fourth-order valence-corrected chi connectivity index (χ4v) is 0.775. The average molecular weight is 172 g/mol. The van der Waals surface area contributed by atoms with Crippen molar-refractivity contribution in [2.45, 2.75) is 25.3 Å². The Balaban J connectivity index is 3.79. The lowest BCUT2D eigenvalue weighted by Crippen LogP contribution is -2.17. The van der Waals surface area contributed by atoms with Crippen molar-refractivity contribution in [3.05, 3.63) is 10.4 Å². The first-order valence-electron chi connectivity index (χ1n) is 3.69. The van der Waals surface area contributed by atoms with Crippen LogP contribution in [0.15, 0.2) is 5.11 Å². The second kappa shape index (κ2) is 6.45. The van der Waals surface area contributed by atoms with Crippen molar-refractivity contribution in [1.82, 2.24) is 0 Å². The van der Waals surface area contributed by atoms with Gasteiger partial charge in [-0.2, -0.15) is 0 Å². The molecule has 12 heavy (non-hydrogen) atoms. The van der Waals surface area contributed by atoms with Crippen molar-refractivity contribution >= 4 is 5.97 Å². The Kier molecular flexibility index (Phi) is 5.77. The molecule has 0 aliphatic rings. The van der Waals surface area contributed by atoms with Gasteiger partial charge < -0.3 is 10.8 Å². The molecule has 0 saturated heterocycles. The number of rotatable bonds is 6. The molecular formula is C6H12N4O2. The summed E-state index contributed by atoms with van der Waals surface area (Å²) in [6, 6.07) is -0.943. The van der Waals surface area contributed by atoms with Crippen LogP contribution in [0.25, 0.3) is 10.4 Å². The summed E-state index contributed by atoms with van der Waals surface area (Å²) >= 11 is 0. The number of aliphatic carboxylic acids is 1. The van der Waals surface area contributed by atoms with Crippen LogP contribution in [0.4, 0.5) is 0 Å². The molecule has 3 N–H and O–H groups in total. The van der Waals surface area contributed by atoms with Gasteiger partial charge in [0.15, 0.2) is 0 Å². The third-order valence-electron chi connectivity index (χ3n) is 1.41. The van der Waals surface area contributed by atoms with Crippen molar-refractivity contribution in [1.29, 1.82) is 0 Å². The van der Waals surface area contributed by atoms with E-state index in [1.165, 1.54) is 0 Å². The number of hydrogen-bond donors (Lipinski definition) is 2. The number of unbranched alkanes of at least 4 members (excludes halogenated alkanes) is 1. The first kappa shape index (κ1) is 10.7. The van der Waals surface area contributed by atoms with E-state index >= 15 is 0 Å². The third-order valence-corrected chi connectivity index (χ3v) is 1.41. The largest absolute Gasteiger partial charge is 0.481 e. The van der Waals surface area contributed by atoms with E-state index < -0.39 is 12.0 Å². The zero-order chi connectivity index (χ0) is 9.40. The predicted octanol–water partition coefficient (Wildman–Crippen LogP) is 0.879. The normalized spacial score (nSPS) is 11.8. The van der Waals surface area contributed by atoms with E-state index in [2.05, 4.69) is 10.0 Å². The molecular weight excluding hydrogens is 160 g/mol. The molecule has 1 unspecified atom stereocenters. The maximum atomic E-state index is 10.4. The quantitative estimate of drug-likeness (QED) is 0.268. The number of nitrogens with zero attached hydrogens (tertiary/aromatic N) is 3. The molecule has 1 atom stereocenters. The highest BCUT2D eigenvalue weighted by Gasteiger charge is 2.13. The molecule has 0 spiro atoms. The van der Waals surface area contributed by atoms with Crippen molar-refractivity contribution in [3.63, 3.8) is 0 Å². The molecule has 0 heterocycles. The van der Waals surface area contributed by atoms with Gasteiger partial charge in [0.05, 0.1) is 0 Å². The first-order chi connectivity index (χ1) is 5.72. The van der Waals surface area contributed by atoms with E-state index in [9.17, 15) is 4.79 Å². The van der Waals surface area contributed by atoms with Gasteiger partial charge in [0.2, 0.25) is 0 Å². The van der Waals surface area contributed by atoms with Crippen LogP contribution >= 0.6 is 0 Å². The van der Waals surface area contributed by atoms with Gasteiger partial charge in [-0.3, -0.25) is 4.79 Å². The summed E-state index contributed by atoms with van der Waals surface area (Å²) in [6.07, 6.45) is 1.79. The average Bonchev–Trinajstić information content (AvgIpc) is 2.03. The molecule has 0 aliphatic carbocycles. The van der Waals surface area contributed by atoms with Crippen LogP contribution in [-0.4, -0.2) is 23.7 Å². The Labute approximate surface area is 70.0 Å². The van der Waals surface area contributed by atoms with Crippen molar-refractivity contribution < 1.29 is 9.90 Å².